The average molecular weight is 396 g/mol. The van der Waals surface area contributed by atoms with Crippen molar-refractivity contribution in [2.45, 2.75) is 82.7 Å². The zero-order valence-corrected chi connectivity index (χ0v) is 17.7. The Labute approximate surface area is 166 Å². The molecule has 2 unspecified atom stereocenters. The van der Waals surface area contributed by atoms with Crippen LogP contribution in [0.15, 0.2) is 0 Å². The molecule has 158 valence electrons. The van der Waals surface area contributed by atoms with Crippen molar-refractivity contribution in [3.05, 3.63) is 0 Å². The largest absolute Gasteiger partial charge is 0.394 e. The van der Waals surface area contributed by atoms with Gasteiger partial charge in [0, 0.05) is 12.6 Å². The molecule has 0 aromatic heterocycles. The number of amides is 3. The quantitative estimate of drug-likeness (QED) is 0.616. The van der Waals surface area contributed by atoms with Gasteiger partial charge in [0.1, 0.15) is 11.6 Å². The maximum atomic E-state index is 13.6. The van der Waals surface area contributed by atoms with E-state index in [0.717, 1.165) is 0 Å². The summed E-state index contributed by atoms with van der Waals surface area (Å²) in [7, 11) is 1.55. The molecular weight excluding hydrogens is 362 g/mol. The van der Waals surface area contributed by atoms with E-state index in [2.05, 4.69) is 10.6 Å². The highest BCUT2D eigenvalue weighted by atomic mass is 16.5. The normalized spacial score (nSPS) is 37.8. The van der Waals surface area contributed by atoms with Crippen molar-refractivity contribution in [2.24, 2.45) is 11.8 Å². The van der Waals surface area contributed by atoms with E-state index in [9.17, 15) is 19.5 Å². The van der Waals surface area contributed by atoms with Gasteiger partial charge in [0.05, 0.1) is 30.1 Å². The van der Waals surface area contributed by atoms with E-state index >= 15 is 0 Å². The smallest absolute Gasteiger partial charge is 0.246 e. The molecule has 3 aliphatic heterocycles. The van der Waals surface area contributed by atoms with Crippen LogP contribution in [0.25, 0.3) is 0 Å². The monoisotopic (exact) mass is 395 g/mol. The number of likely N-dealkylation sites (tertiary alicyclic amines) is 1. The van der Waals surface area contributed by atoms with Gasteiger partial charge in [-0.3, -0.25) is 14.4 Å². The number of carbonyl (C=O) groups is 3. The van der Waals surface area contributed by atoms with Gasteiger partial charge in [-0.2, -0.15) is 0 Å². The van der Waals surface area contributed by atoms with Crippen LogP contribution in [-0.2, 0) is 19.1 Å². The number of ether oxygens (including phenoxy) is 1. The van der Waals surface area contributed by atoms with Gasteiger partial charge in [-0.15, -0.1) is 0 Å². The van der Waals surface area contributed by atoms with Gasteiger partial charge in [0.2, 0.25) is 17.7 Å². The Kier molecular flexibility index (Phi) is 5.03. The van der Waals surface area contributed by atoms with Crippen molar-refractivity contribution >= 4 is 17.7 Å². The number of aliphatic hydroxyl groups is 1. The molecular formula is C20H33N3O5. The van der Waals surface area contributed by atoms with E-state index in [-0.39, 0.29) is 24.3 Å². The lowest BCUT2D eigenvalue weighted by Crippen LogP contribution is -2.60. The molecule has 0 aromatic rings. The lowest BCUT2D eigenvalue weighted by atomic mass is 9.66. The first kappa shape index (κ1) is 21.0. The van der Waals surface area contributed by atoms with Gasteiger partial charge < -0.3 is 25.4 Å². The van der Waals surface area contributed by atoms with E-state index in [1.807, 2.05) is 34.6 Å². The second-order valence-electron chi connectivity index (χ2n) is 9.57. The van der Waals surface area contributed by atoms with E-state index in [1.165, 1.54) is 4.90 Å². The zero-order valence-electron chi connectivity index (χ0n) is 17.7. The number of fused-ring (bicyclic) bond motifs is 1. The summed E-state index contributed by atoms with van der Waals surface area (Å²) in [5.74, 6) is -2.17. The third-order valence-electron chi connectivity index (χ3n) is 6.57. The van der Waals surface area contributed by atoms with Crippen LogP contribution < -0.4 is 10.6 Å². The number of hydrogen-bond donors (Lipinski definition) is 3. The molecule has 3 heterocycles. The summed E-state index contributed by atoms with van der Waals surface area (Å²) in [6, 6.07) is -1.36. The van der Waals surface area contributed by atoms with Crippen LogP contribution in [0.3, 0.4) is 0 Å². The molecule has 3 N–H and O–H groups in total. The maximum Gasteiger partial charge on any atom is 0.246 e. The highest BCUT2D eigenvalue weighted by Gasteiger charge is 2.78. The minimum Gasteiger partial charge on any atom is -0.394 e. The molecule has 3 fully saturated rings. The summed E-state index contributed by atoms with van der Waals surface area (Å²) in [6.45, 7) is 9.13. The van der Waals surface area contributed by atoms with Crippen LogP contribution in [0.2, 0.25) is 0 Å². The van der Waals surface area contributed by atoms with Crippen molar-refractivity contribution in [3.63, 3.8) is 0 Å². The minimum atomic E-state index is -1.04. The SMILES string of the molecule is CC[C@@H](CO)N1C(=O)[C@@H]2[C@@H](C(=O)NC)[C@@]3(C)CCC2(O3)C1C(=O)NC(C)(C)C. The maximum absolute atomic E-state index is 13.6. The fourth-order valence-electron chi connectivity index (χ4n) is 5.46. The van der Waals surface area contributed by atoms with Crippen molar-refractivity contribution in [1.82, 2.24) is 15.5 Å². The number of aliphatic hydroxyl groups excluding tert-OH is 1. The van der Waals surface area contributed by atoms with Crippen LogP contribution in [-0.4, -0.2) is 70.2 Å². The summed E-state index contributed by atoms with van der Waals surface area (Å²) in [4.78, 5) is 41.1. The van der Waals surface area contributed by atoms with Crippen molar-refractivity contribution in [1.29, 1.82) is 0 Å². The topological polar surface area (TPSA) is 108 Å². The highest BCUT2D eigenvalue weighted by Crippen LogP contribution is 2.63. The lowest BCUT2D eigenvalue weighted by molar-refractivity contribution is -0.150. The second kappa shape index (κ2) is 6.69. The minimum absolute atomic E-state index is 0.240. The first-order chi connectivity index (χ1) is 13.0. The summed E-state index contributed by atoms with van der Waals surface area (Å²) in [6.07, 6.45) is 1.65. The van der Waals surface area contributed by atoms with Crippen molar-refractivity contribution < 1.29 is 24.2 Å². The average Bonchev–Trinajstić information content (AvgIpc) is 3.16. The van der Waals surface area contributed by atoms with Crippen LogP contribution in [0.1, 0.15) is 53.9 Å². The number of rotatable bonds is 5. The first-order valence-corrected chi connectivity index (χ1v) is 10.1. The number of nitrogens with zero attached hydrogens (tertiary/aromatic N) is 1. The predicted molar refractivity (Wildman–Crippen MR) is 102 cm³/mol. The lowest BCUT2D eigenvalue weighted by Gasteiger charge is -2.38. The van der Waals surface area contributed by atoms with Gasteiger partial charge in [-0.25, -0.2) is 0 Å². The molecule has 0 aliphatic carbocycles. The molecule has 3 saturated heterocycles. The van der Waals surface area contributed by atoms with Crippen LogP contribution in [0.5, 0.6) is 0 Å². The van der Waals surface area contributed by atoms with Crippen molar-refractivity contribution in [3.8, 4) is 0 Å². The fourth-order valence-corrected chi connectivity index (χ4v) is 5.46. The van der Waals surface area contributed by atoms with E-state index < -0.39 is 40.7 Å². The third kappa shape index (κ3) is 2.84. The van der Waals surface area contributed by atoms with E-state index in [0.29, 0.717) is 19.3 Å². The molecule has 6 atom stereocenters. The summed E-state index contributed by atoms with van der Waals surface area (Å²) < 4.78 is 6.43. The molecule has 2 bridgehead atoms. The van der Waals surface area contributed by atoms with Gasteiger partial charge in [0.25, 0.3) is 0 Å². The Hall–Kier alpha value is -1.67. The van der Waals surface area contributed by atoms with Crippen molar-refractivity contribution in [2.75, 3.05) is 13.7 Å². The molecule has 3 amide bonds. The first-order valence-electron chi connectivity index (χ1n) is 10.1. The van der Waals surface area contributed by atoms with Crippen LogP contribution in [0.4, 0.5) is 0 Å². The fraction of sp³-hybridized carbons (Fsp3) is 0.850. The highest BCUT2D eigenvalue weighted by molar-refractivity contribution is 5.99. The van der Waals surface area contributed by atoms with Gasteiger partial charge >= 0.3 is 0 Å². The Bertz CT molecular complexity index is 686. The molecule has 28 heavy (non-hydrogen) atoms. The number of hydrogen-bond acceptors (Lipinski definition) is 5. The molecule has 1 spiro atoms. The van der Waals surface area contributed by atoms with E-state index in [4.69, 9.17) is 4.74 Å². The number of carbonyl (C=O) groups excluding carboxylic acids is 3. The zero-order chi connectivity index (χ0) is 21.1. The van der Waals surface area contributed by atoms with Crippen LogP contribution in [0, 0.1) is 11.8 Å². The van der Waals surface area contributed by atoms with Gasteiger partial charge in [-0.05, 0) is 47.0 Å². The molecule has 8 nitrogen and oxygen atoms in total. The van der Waals surface area contributed by atoms with E-state index in [1.54, 1.807) is 7.05 Å². The van der Waals surface area contributed by atoms with Crippen LogP contribution >= 0.6 is 0 Å². The molecule has 0 radical (unpaired) electrons. The van der Waals surface area contributed by atoms with Gasteiger partial charge in [-0.1, -0.05) is 6.92 Å². The Morgan fingerprint density at radius 2 is 1.96 bits per heavy atom. The standard InChI is InChI=1S/C20H33N3O5/c1-7-11(10-24)23-14(16(26)22-18(2,3)4)20-9-8-19(5,28-20)12(15(25)21-6)13(20)17(23)27/h11-14,24H,7-10H2,1-6H3,(H,21,25)(H,22,26)/t11-,12-,13-,14?,19+,20?/m0/s1. The predicted octanol–water partition coefficient (Wildman–Crippen LogP) is 0.183. The second-order valence-corrected chi connectivity index (χ2v) is 9.57. The molecule has 0 saturated carbocycles. The molecule has 3 rings (SSSR count). The summed E-state index contributed by atoms with van der Waals surface area (Å²) in [5.41, 5.74) is -2.29. The molecule has 0 aromatic carbocycles. The Morgan fingerprint density at radius 1 is 1.32 bits per heavy atom. The summed E-state index contributed by atoms with van der Waals surface area (Å²) in [5, 5.41) is 15.5. The molecule has 8 heteroatoms. The number of nitrogens with one attached hydrogen (secondary N) is 2. The Morgan fingerprint density at radius 3 is 2.46 bits per heavy atom. The molecule has 3 aliphatic rings. The third-order valence-corrected chi connectivity index (χ3v) is 6.57. The summed E-state index contributed by atoms with van der Waals surface area (Å²) >= 11 is 0. The van der Waals surface area contributed by atoms with Gasteiger partial charge in [0.15, 0.2) is 0 Å². The Balaban J connectivity index is 2.11.